The van der Waals surface area contributed by atoms with Crippen molar-refractivity contribution in [3.05, 3.63) is 29.6 Å². The number of alkyl halides is 1. The van der Waals surface area contributed by atoms with Crippen LogP contribution in [-0.2, 0) is 12.4 Å². The Kier molecular flexibility index (Phi) is 4.95. The second-order valence-corrected chi connectivity index (χ2v) is 5.71. The molecule has 0 aliphatic carbocycles. The molecular weight excluding hydrogens is 264 g/mol. The molecule has 2 rings (SSSR count). The number of fused-ring (bicyclic) bond motifs is 1. The summed E-state index contributed by atoms with van der Waals surface area (Å²) in [6.07, 6.45) is 4.58. The molecular formula is C14H19ClN2S. The maximum atomic E-state index is 6.01. The molecule has 98 valence electrons. The fraction of sp³-hybridized carbons (Fsp3) is 0.500. The first-order chi connectivity index (χ1) is 8.77. The van der Waals surface area contributed by atoms with E-state index in [1.165, 1.54) is 29.7 Å². The number of hydrogen-bond donors (Lipinski definition) is 0. The molecule has 1 aromatic carbocycles. The molecule has 0 aliphatic heterocycles. The zero-order chi connectivity index (χ0) is 13.0. The molecule has 1 aromatic heterocycles. The first-order valence-electron chi connectivity index (χ1n) is 6.27. The van der Waals surface area contributed by atoms with Gasteiger partial charge in [0, 0.05) is 6.54 Å². The summed E-state index contributed by atoms with van der Waals surface area (Å²) in [5.74, 6) is 2.70. The molecule has 0 spiro atoms. The summed E-state index contributed by atoms with van der Waals surface area (Å²) >= 11 is 7.91. The van der Waals surface area contributed by atoms with Gasteiger partial charge in [-0.15, -0.1) is 11.6 Å². The number of rotatable bonds is 6. The molecule has 0 amide bonds. The summed E-state index contributed by atoms with van der Waals surface area (Å²) in [6.45, 7) is 3.12. The highest BCUT2D eigenvalue weighted by Crippen LogP contribution is 2.21. The van der Waals surface area contributed by atoms with E-state index in [1.807, 2.05) is 11.8 Å². The zero-order valence-electron chi connectivity index (χ0n) is 10.9. The lowest BCUT2D eigenvalue weighted by molar-refractivity contribution is 0.631. The molecule has 4 heteroatoms. The number of imidazole rings is 1. The normalized spacial score (nSPS) is 11.3. The van der Waals surface area contributed by atoms with Crippen LogP contribution in [0.2, 0.25) is 0 Å². The average molecular weight is 283 g/mol. The molecule has 0 bridgehead atoms. The van der Waals surface area contributed by atoms with Crippen molar-refractivity contribution < 1.29 is 0 Å². The molecule has 0 N–H and O–H groups in total. The van der Waals surface area contributed by atoms with Gasteiger partial charge in [-0.2, -0.15) is 11.8 Å². The summed E-state index contributed by atoms with van der Waals surface area (Å²) in [5.41, 5.74) is 3.54. The van der Waals surface area contributed by atoms with Crippen LogP contribution < -0.4 is 0 Å². The van der Waals surface area contributed by atoms with Crippen molar-refractivity contribution in [1.29, 1.82) is 0 Å². The number of nitrogens with zero attached hydrogens (tertiary/aromatic N) is 2. The Morgan fingerprint density at radius 1 is 1.33 bits per heavy atom. The standard InChI is InChI=1S/C14H19ClN2S/c1-11-6-5-7-12-14(11)16-13(10-15)17(12)8-3-4-9-18-2/h5-7H,3-4,8-10H2,1-2H3. The van der Waals surface area contributed by atoms with E-state index in [2.05, 4.69) is 40.9 Å². The van der Waals surface area contributed by atoms with Crippen molar-refractivity contribution >= 4 is 34.4 Å². The number of hydrogen-bond acceptors (Lipinski definition) is 2. The van der Waals surface area contributed by atoms with E-state index in [9.17, 15) is 0 Å². The highest BCUT2D eigenvalue weighted by molar-refractivity contribution is 7.98. The van der Waals surface area contributed by atoms with Crippen molar-refractivity contribution in [2.24, 2.45) is 0 Å². The first-order valence-corrected chi connectivity index (χ1v) is 8.20. The van der Waals surface area contributed by atoms with Gasteiger partial charge in [0.25, 0.3) is 0 Å². The van der Waals surface area contributed by atoms with Gasteiger partial charge in [-0.1, -0.05) is 12.1 Å². The number of thioether (sulfide) groups is 1. The van der Waals surface area contributed by atoms with E-state index >= 15 is 0 Å². The van der Waals surface area contributed by atoms with E-state index < -0.39 is 0 Å². The maximum Gasteiger partial charge on any atom is 0.124 e. The number of aromatic nitrogens is 2. The Morgan fingerprint density at radius 2 is 2.17 bits per heavy atom. The minimum atomic E-state index is 0.483. The van der Waals surface area contributed by atoms with Crippen molar-refractivity contribution in [3.8, 4) is 0 Å². The van der Waals surface area contributed by atoms with Gasteiger partial charge >= 0.3 is 0 Å². The van der Waals surface area contributed by atoms with Crippen LogP contribution in [0.1, 0.15) is 24.2 Å². The number of halogens is 1. The van der Waals surface area contributed by atoms with Crippen LogP contribution in [0, 0.1) is 6.92 Å². The van der Waals surface area contributed by atoms with Gasteiger partial charge in [-0.05, 0) is 43.4 Å². The third-order valence-corrected chi connectivity index (χ3v) is 4.10. The second-order valence-electron chi connectivity index (χ2n) is 4.46. The minimum absolute atomic E-state index is 0.483. The lowest BCUT2D eigenvalue weighted by atomic mass is 10.2. The fourth-order valence-electron chi connectivity index (χ4n) is 2.20. The summed E-state index contributed by atoms with van der Waals surface area (Å²) < 4.78 is 2.27. The lowest BCUT2D eigenvalue weighted by Crippen LogP contribution is -2.02. The Morgan fingerprint density at radius 3 is 2.89 bits per heavy atom. The topological polar surface area (TPSA) is 17.8 Å². The van der Waals surface area contributed by atoms with Crippen molar-refractivity contribution in [1.82, 2.24) is 9.55 Å². The minimum Gasteiger partial charge on any atom is -0.327 e. The third kappa shape index (κ3) is 2.83. The highest BCUT2D eigenvalue weighted by Gasteiger charge is 2.10. The predicted molar refractivity (Wildman–Crippen MR) is 81.6 cm³/mol. The van der Waals surface area contributed by atoms with Gasteiger partial charge < -0.3 is 4.57 Å². The van der Waals surface area contributed by atoms with Gasteiger partial charge in [0.2, 0.25) is 0 Å². The second kappa shape index (κ2) is 6.48. The van der Waals surface area contributed by atoms with Crippen molar-refractivity contribution in [2.45, 2.75) is 32.2 Å². The highest BCUT2D eigenvalue weighted by atomic mass is 35.5. The molecule has 18 heavy (non-hydrogen) atoms. The summed E-state index contributed by atoms with van der Waals surface area (Å²) in [4.78, 5) is 4.66. The van der Waals surface area contributed by atoms with E-state index in [0.29, 0.717) is 5.88 Å². The van der Waals surface area contributed by atoms with Crippen LogP contribution in [0.3, 0.4) is 0 Å². The lowest BCUT2D eigenvalue weighted by Gasteiger charge is -2.07. The molecule has 2 nitrogen and oxygen atoms in total. The molecule has 0 unspecified atom stereocenters. The van der Waals surface area contributed by atoms with Crippen LogP contribution in [0.5, 0.6) is 0 Å². The van der Waals surface area contributed by atoms with Crippen LogP contribution in [0.25, 0.3) is 11.0 Å². The number of aryl methyl sites for hydroxylation is 2. The van der Waals surface area contributed by atoms with Crippen molar-refractivity contribution in [2.75, 3.05) is 12.0 Å². The molecule has 2 aromatic rings. The SMILES string of the molecule is CSCCCCn1c(CCl)nc2c(C)cccc21. The van der Waals surface area contributed by atoms with E-state index in [0.717, 1.165) is 17.9 Å². The third-order valence-electron chi connectivity index (χ3n) is 3.16. The number of para-hydroxylation sites is 1. The van der Waals surface area contributed by atoms with Crippen LogP contribution in [0.4, 0.5) is 0 Å². The monoisotopic (exact) mass is 282 g/mol. The number of unbranched alkanes of at least 4 members (excludes halogenated alkanes) is 1. The molecule has 0 saturated heterocycles. The molecule has 0 atom stereocenters. The summed E-state index contributed by atoms with van der Waals surface area (Å²) in [6, 6.07) is 6.33. The Balaban J connectivity index is 2.26. The molecule has 0 aliphatic rings. The molecule has 0 radical (unpaired) electrons. The Labute approximate surface area is 118 Å². The average Bonchev–Trinajstić information content (AvgIpc) is 2.74. The molecule has 1 heterocycles. The van der Waals surface area contributed by atoms with Gasteiger partial charge in [-0.25, -0.2) is 4.98 Å². The zero-order valence-corrected chi connectivity index (χ0v) is 12.5. The van der Waals surface area contributed by atoms with Gasteiger partial charge in [0.1, 0.15) is 5.82 Å². The smallest absolute Gasteiger partial charge is 0.124 e. The largest absolute Gasteiger partial charge is 0.327 e. The van der Waals surface area contributed by atoms with Crippen LogP contribution >= 0.6 is 23.4 Å². The summed E-state index contributed by atoms with van der Waals surface area (Å²) in [7, 11) is 0. The Hall–Kier alpha value is -0.670. The summed E-state index contributed by atoms with van der Waals surface area (Å²) in [5, 5.41) is 0. The fourth-order valence-corrected chi connectivity index (χ4v) is 2.90. The van der Waals surface area contributed by atoms with Crippen LogP contribution in [0.15, 0.2) is 18.2 Å². The molecule has 0 saturated carbocycles. The predicted octanol–water partition coefficient (Wildman–Crippen LogP) is 4.23. The van der Waals surface area contributed by atoms with Gasteiger partial charge in [-0.3, -0.25) is 0 Å². The van der Waals surface area contributed by atoms with E-state index in [1.54, 1.807) is 0 Å². The first kappa shape index (κ1) is 13.8. The van der Waals surface area contributed by atoms with Crippen LogP contribution in [-0.4, -0.2) is 21.6 Å². The van der Waals surface area contributed by atoms with Gasteiger partial charge in [0.05, 0.1) is 16.9 Å². The van der Waals surface area contributed by atoms with Crippen molar-refractivity contribution in [3.63, 3.8) is 0 Å². The quantitative estimate of drug-likeness (QED) is 0.583. The van der Waals surface area contributed by atoms with Gasteiger partial charge in [0.15, 0.2) is 0 Å². The van der Waals surface area contributed by atoms with E-state index in [4.69, 9.17) is 11.6 Å². The van der Waals surface area contributed by atoms with E-state index in [-0.39, 0.29) is 0 Å². The maximum absolute atomic E-state index is 6.01. The Bertz CT molecular complexity index is 522. The number of benzene rings is 1. The molecule has 0 fully saturated rings.